The van der Waals surface area contributed by atoms with Crippen LogP contribution in [0.5, 0.6) is 5.75 Å². The van der Waals surface area contributed by atoms with Crippen LogP contribution in [0.2, 0.25) is 0 Å². The van der Waals surface area contributed by atoms with E-state index in [1.165, 1.54) is 0 Å². The second-order valence-corrected chi connectivity index (χ2v) is 12.7. The number of nitrogens with one attached hydrogen (secondary N) is 2. The summed E-state index contributed by atoms with van der Waals surface area (Å²) in [5, 5.41) is 4.44. The molecule has 206 valence electrons. The Balaban J connectivity index is 1.16. The van der Waals surface area contributed by atoms with Crippen LogP contribution in [0.3, 0.4) is 0 Å². The van der Waals surface area contributed by atoms with Crippen molar-refractivity contribution in [3.63, 3.8) is 0 Å². The first-order valence-corrected chi connectivity index (χ1v) is 14.0. The van der Waals surface area contributed by atoms with Gasteiger partial charge in [0.05, 0.1) is 7.11 Å². The fraction of sp³-hybridized carbons (Fsp3) is 0.516. The number of amides is 1. The monoisotopic (exact) mass is 534 g/mol. The quantitative estimate of drug-likeness (QED) is 0.468. The molecule has 1 amide bonds. The maximum atomic E-state index is 14.1. The van der Waals surface area contributed by atoms with Crippen molar-refractivity contribution < 1.29 is 18.3 Å². The number of benzene rings is 2. The van der Waals surface area contributed by atoms with Gasteiger partial charge in [-0.3, -0.25) is 9.69 Å². The van der Waals surface area contributed by atoms with Gasteiger partial charge in [0.15, 0.2) is 0 Å². The molecule has 3 aliphatic heterocycles. The number of methoxy groups -OCH3 is 1. The topological polar surface area (TPSA) is 60.6 Å². The lowest BCUT2D eigenvalue weighted by Gasteiger charge is -2.56. The molecule has 1 atom stereocenters. The van der Waals surface area contributed by atoms with E-state index in [0.29, 0.717) is 23.9 Å². The molecular formula is C31H36F2N4O2. The third kappa shape index (κ3) is 4.14. The van der Waals surface area contributed by atoms with Gasteiger partial charge in [-0.25, -0.2) is 8.78 Å². The Kier molecular flexibility index (Phi) is 5.63. The molecule has 1 unspecified atom stereocenters. The fourth-order valence-electron chi connectivity index (χ4n) is 7.69. The summed E-state index contributed by atoms with van der Waals surface area (Å²) in [7, 11) is 1.70. The van der Waals surface area contributed by atoms with Gasteiger partial charge in [-0.15, -0.1) is 0 Å². The summed E-state index contributed by atoms with van der Waals surface area (Å²) in [6.07, 6.45) is 3.37. The molecule has 6 nitrogen and oxygen atoms in total. The number of H-pyrrole nitrogens is 1. The highest BCUT2D eigenvalue weighted by Crippen LogP contribution is 2.60. The van der Waals surface area contributed by atoms with Crippen LogP contribution in [-0.4, -0.2) is 66.4 Å². The number of piperidine rings is 1. The number of rotatable bonds is 5. The largest absolute Gasteiger partial charge is 0.496 e. The Bertz CT molecular complexity index is 1410. The Morgan fingerprint density at radius 3 is 2.49 bits per heavy atom. The molecule has 4 fully saturated rings. The van der Waals surface area contributed by atoms with Crippen LogP contribution in [0.1, 0.15) is 58.8 Å². The first-order valence-electron chi connectivity index (χ1n) is 14.0. The van der Waals surface area contributed by atoms with E-state index in [-0.39, 0.29) is 30.2 Å². The van der Waals surface area contributed by atoms with Crippen molar-refractivity contribution in [2.75, 3.05) is 39.8 Å². The summed E-state index contributed by atoms with van der Waals surface area (Å²) in [5.74, 6) is -1.62. The van der Waals surface area contributed by atoms with Gasteiger partial charge in [0.2, 0.25) is 5.92 Å². The molecular weight excluding hydrogens is 498 g/mol. The minimum absolute atomic E-state index is 0.00710. The van der Waals surface area contributed by atoms with E-state index >= 15 is 0 Å². The van der Waals surface area contributed by atoms with Gasteiger partial charge in [-0.2, -0.15) is 0 Å². The molecule has 8 heteroatoms. The average Bonchev–Trinajstić information content (AvgIpc) is 3.34. The van der Waals surface area contributed by atoms with Crippen molar-refractivity contribution in [2.24, 2.45) is 10.8 Å². The summed E-state index contributed by atoms with van der Waals surface area (Å²) >= 11 is 0. The Morgan fingerprint density at radius 1 is 1.10 bits per heavy atom. The smallest absolute Gasteiger partial charge is 0.253 e. The highest BCUT2D eigenvalue weighted by Gasteiger charge is 2.58. The number of hydrogen-bond acceptors (Lipinski definition) is 4. The van der Waals surface area contributed by atoms with Crippen molar-refractivity contribution in [3.05, 3.63) is 64.8 Å². The van der Waals surface area contributed by atoms with Crippen LogP contribution in [0, 0.1) is 17.8 Å². The van der Waals surface area contributed by atoms with E-state index in [2.05, 4.69) is 34.3 Å². The molecule has 4 aliphatic rings. The Morgan fingerprint density at radius 2 is 1.85 bits per heavy atom. The van der Waals surface area contributed by atoms with E-state index in [0.717, 1.165) is 72.5 Å². The number of carbonyl (C=O) groups is 1. The van der Waals surface area contributed by atoms with Crippen molar-refractivity contribution in [3.8, 4) is 5.75 Å². The molecule has 2 N–H and O–H groups in total. The summed E-state index contributed by atoms with van der Waals surface area (Å²) in [5.41, 5.74) is 5.10. The first-order chi connectivity index (χ1) is 18.7. The zero-order chi connectivity index (χ0) is 27.0. The molecule has 1 saturated carbocycles. The molecule has 0 bridgehead atoms. The van der Waals surface area contributed by atoms with Gasteiger partial charge in [0, 0.05) is 85.2 Å². The summed E-state index contributed by atoms with van der Waals surface area (Å²) < 4.78 is 34.0. The Hall–Kier alpha value is -2.97. The lowest BCUT2D eigenvalue weighted by molar-refractivity contribution is -0.186. The number of aryl methyl sites for hydroxylation is 1. The van der Waals surface area contributed by atoms with Crippen molar-refractivity contribution in [1.29, 1.82) is 0 Å². The van der Waals surface area contributed by atoms with E-state index < -0.39 is 5.92 Å². The van der Waals surface area contributed by atoms with Crippen molar-refractivity contribution in [1.82, 2.24) is 20.1 Å². The van der Waals surface area contributed by atoms with E-state index in [4.69, 9.17) is 4.74 Å². The van der Waals surface area contributed by atoms with Crippen LogP contribution < -0.4 is 10.1 Å². The summed E-state index contributed by atoms with van der Waals surface area (Å²) in [6.45, 7) is 7.11. The zero-order valence-electron chi connectivity index (χ0n) is 22.7. The van der Waals surface area contributed by atoms with Crippen LogP contribution in [-0.2, 0) is 6.54 Å². The molecule has 0 radical (unpaired) electrons. The van der Waals surface area contributed by atoms with Crippen LogP contribution in [0.15, 0.2) is 42.6 Å². The van der Waals surface area contributed by atoms with Crippen LogP contribution in [0.4, 0.5) is 8.78 Å². The number of halogens is 2. The van der Waals surface area contributed by atoms with Crippen LogP contribution >= 0.6 is 0 Å². The predicted octanol–water partition coefficient (Wildman–Crippen LogP) is 5.28. The third-order valence-electron chi connectivity index (χ3n) is 9.84. The molecule has 3 saturated heterocycles. The molecule has 4 heterocycles. The van der Waals surface area contributed by atoms with Crippen molar-refractivity contribution in [2.45, 2.75) is 51.1 Å². The predicted molar refractivity (Wildman–Crippen MR) is 146 cm³/mol. The molecule has 1 aromatic heterocycles. The molecule has 2 spiro atoms. The highest BCUT2D eigenvalue weighted by atomic mass is 19.3. The maximum absolute atomic E-state index is 14.1. The zero-order valence-corrected chi connectivity index (χ0v) is 22.7. The van der Waals surface area contributed by atoms with Crippen LogP contribution in [0.25, 0.3) is 10.9 Å². The summed E-state index contributed by atoms with van der Waals surface area (Å²) in [6, 6.07) is 12.1. The van der Waals surface area contributed by atoms with Gasteiger partial charge < -0.3 is 19.9 Å². The maximum Gasteiger partial charge on any atom is 0.253 e. The third-order valence-corrected chi connectivity index (χ3v) is 9.84. The lowest BCUT2D eigenvalue weighted by atomic mass is 9.59. The number of fused-ring (bicyclic) bond motifs is 1. The normalized spacial score (nSPS) is 24.8. The molecule has 1 aliphatic carbocycles. The van der Waals surface area contributed by atoms with Gasteiger partial charge >= 0.3 is 0 Å². The van der Waals surface area contributed by atoms with Gasteiger partial charge in [-0.05, 0) is 67.1 Å². The SMILES string of the molecule is COc1cc(C)c2[nH]ccc2c1CN1CCC2(CC1c1ccc(C(=O)N3CC4(CNC4)C3)cc1)CC(F)(F)C2. The molecule has 2 aromatic carbocycles. The molecule has 39 heavy (non-hydrogen) atoms. The first kappa shape index (κ1) is 25.0. The van der Waals surface area contributed by atoms with Crippen molar-refractivity contribution >= 4 is 16.8 Å². The molecule has 3 aromatic rings. The number of likely N-dealkylation sites (tertiary alicyclic amines) is 2. The van der Waals surface area contributed by atoms with Gasteiger partial charge in [0.1, 0.15) is 5.75 Å². The second kappa shape index (κ2) is 8.77. The number of aromatic amines is 1. The number of ether oxygens (including phenoxy) is 1. The number of nitrogens with zero attached hydrogens (tertiary/aromatic N) is 2. The second-order valence-electron chi connectivity index (χ2n) is 12.7. The van der Waals surface area contributed by atoms with E-state index in [9.17, 15) is 13.6 Å². The molecule has 7 rings (SSSR count). The standard InChI is InChI=1S/C31H36F2N4O2/c1-20-11-26(39-2)24(23-7-9-35-27(20)23)13-36-10-8-29(14-31(32,33)15-29)12-25(36)21-3-5-22(6-4-21)28(38)37-18-30(19-37)16-34-17-30/h3-7,9,11,25,34-35H,8,10,12-19H2,1-2H3. The fourth-order valence-corrected chi connectivity index (χ4v) is 7.69. The van der Waals surface area contributed by atoms with Gasteiger partial charge in [0.25, 0.3) is 5.91 Å². The van der Waals surface area contributed by atoms with E-state index in [1.807, 2.05) is 35.4 Å². The lowest BCUT2D eigenvalue weighted by Crippen LogP contribution is -2.71. The minimum Gasteiger partial charge on any atom is -0.496 e. The average molecular weight is 535 g/mol. The van der Waals surface area contributed by atoms with Gasteiger partial charge in [-0.1, -0.05) is 12.1 Å². The number of hydrogen-bond donors (Lipinski definition) is 2. The van der Waals surface area contributed by atoms with E-state index in [1.54, 1.807) is 7.11 Å². The Labute approximate surface area is 227 Å². The highest BCUT2D eigenvalue weighted by molar-refractivity contribution is 5.95. The minimum atomic E-state index is -2.55. The summed E-state index contributed by atoms with van der Waals surface area (Å²) in [4.78, 5) is 20.8. The number of aromatic nitrogens is 1. The number of carbonyl (C=O) groups excluding carboxylic acids is 1. The number of alkyl halides is 2.